The first-order chi connectivity index (χ1) is 13.7. The maximum absolute atomic E-state index is 12.1. The van der Waals surface area contributed by atoms with Crippen LogP contribution in [0.4, 0.5) is 0 Å². The van der Waals surface area contributed by atoms with Crippen LogP contribution in [-0.4, -0.2) is 31.7 Å². The van der Waals surface area contributed by atoms with Gasteiger partial charge in [0.2, 0.25) is 0 Å². The second-order valence-electron chi connectivity index (χ2n) is 7.77. The Balaban J connectivity index is 1.75. The Hall–Kier alpha value is -3.02. The van der Waals surface area contributed by atoms with E-state index in [1.807, 2.05) is 48.5 Å². The molecule has 2 rings (SSSR count). The van der Waals surface area contributed by atoms with Gasteiger partial charge in [-0.1, -0.05) is 45.0 Å². The van der Waals surface area contributed by atoms with E-state index in [1.165, 1.54) is 5.56 Å². The summed E-state index contributed by atoms with van der Waals surface area (Å²) in [4.78, 5) is 24.0. The van der Waals surface area contributed by atoms with Crippen LogP contribution in [0.2, 0.25) is 0 Å². The first-order valence-corrected chi connectivity index (χ1v) is 9.52. The van der Waals surface area contributed by atoms with E-state index in [-0.39, 0.29) is 17.9 Å². The van der Waals surface area contributed by atoms with Gasteiger partial charge in [0.1, 0.15) is 11.5 Å². The highest BCUT2D eigenvalue weighted by Gasteiger charge is 2.19. The number of hydrogen-bond donors (Lipinski definition) is 1. The molecule has 156 valence electrons. The van der Waals surface area contributed by atoms with Gasteiger partial charge >= 0.3 is 5.97 Å². The average molecular weight is 399 g/mol. The van der Waals surface area contributed by atoms with Crippen molar-refractivity contribution < 1.29 is 23.8 Å². The predicted octanol–water partition coefficient (Wildman–Crippen LogP) is 3.62. The van der Waals surface area contributed by atoms with Crippen LogP contribution in [0.15, 0.2) is 48.5 Å². The first-order valence-electron chi connectivity index (χ1n) is 9.52. The van der Waals surface area contributed by atoms with Gasteiger partial charge < -0.3 is 19.5 Å². The first kappa shape index (κ1) is 22.3. The van der Waals surface area contributed by atoms with Crippen LogP contribution in [0.3, 0.4) is 0 Å². The summed E-state index contributed by atoms with van der Waals surface area (Å²) in [6, 6.07) is 14.9. The van der Waals surface area contributed by atoms with Gasteiger partial charge in [-0.05, 0) is 47.7 Å². The summed E-state index contributed by atoms with van der Waals surface area (Å²) < 4.78 is 15.7. The minimum atomic E-state index is -0.815. The molecule has 0 fully saturated rings. The maximum Gasteiger partial charge on any atom is 0.347 e. The fraction of sp³-hybridized carbons (Fsp3) is 0.391. The molecular weight excluding hydrogens is 370 g/mol. The number of esters is 1. The van der Waals surface area contributed by atoms with Crippen molar-refractivity contribution in [3.05, 3.63) is 59.7 Å². The second kappa shape index (κ2) is 9.96. The van der Waals surface area contributed by atoms with Crippen molar-refractivity contribution in [2.24, 2.45) is 0 Å². The van der Waals surface area contributed by atoms with Crippen molar-refractivity contribution in [1.29, 1.82) is 0 Å². The molecule has 0 saturated heterocycles. The van der Waals surface area contributed by atoms with E-state index in [0.717, 1.165) is 11.3 Å². The third-order valence-corrected chi connectivity index (χ3v) is 4.36. The highest BCUT2D eigenvalue weighted by molar-refractivity contribution is 5.82. The Labute approximate surface area is 172 Å². The standard InChI is InChI=1S/C23H29NO5/c1-16(29-20-12-8-18(9-13-20)23(2,3)4)22(26)28-15-21(25)24-14-17-6-10-19(27-5)11-7-17/h6-13,16H,14-15H2,1-5H3,(H,24,25)/t16-/m1/s1. The Bertz CT molecular complexity index is 807. The lowest BCUT2D eigenvalue weighted by molar-refractivity contribution is -0.154. The quantitative estimate of drug-likeness (QED) is 0.687. The molecule has 0 spiro atoms. The van der Waals surface area contributed by atoms with Crippen LogP contribution in [0.5, 0.6) is 11.5 Å². The lowest BCUT2D eigenvalue weighted by Crippen LogP contribution is -2.32. The van der Waals surface area contributed by atoms with Crippen molar-refractivity contribution in [1.82, 2.24) is 5.32 Å². The number of ether oxygens (including phenoxy) is 3. The Morgan fingerprint density at radius 1 is 0.966 bits per heavy atom. The zero-order valence-electron chi connectivity index (χ0n) is 17.7. The molecule has 6 heteroatoms. The smallest absolute Gasteiger partial charge is 0.347 e. The van der Waals surface area contributed by atoms with Gasteiger partial charge in [0, 0.05) is 6.54 Å². The summed E-state index contributed by atoms with van der Waals surface area (Å²) in [5.41, 5.74) is 2.14. The van der Waals surface area contributed by atoms with E-state index in [1.54, 1.807) is 14.0 Å². The van der Waals surface area contributed by atoms with Crippen LogP contribution in [0.1, 0.15) is 38.8 Å². The van der Waals surface area contributed by atoms with E-state index in [4.69, 9.17) is 14.2 Å². The van der Waals surface area contributed by atoms with E-state index in [0.29, 0.717) is 12.3 Å². The molecule has 0 radical (unpaired) electrons. The minimum absolute atomic E-state index is 0.0439. The molecule has 0 bridgehead atoms. The van der Waals surface area contributed by atoms with Crippen molar-refractivity contribution in [2.45, 2.75) is 45.8 Å². The van der Waals surface area contributed by atoms with Gasteiger partial charge in [-0.3, -0.25) is 4.79 Å². The molecule has 2 aromatic carbocycles. The summed E-state index contributed by atoms with van der Waals surface area (Å²) in [5, 5.41) is 2.70. The summed E-state index contributed by atoms with van der Waals surface area (Å²) in [6.45, 7) is 7.96. The number of carbonyl (C=O) groups is 2. The average Bonchev–Trinajstić information content (AvgIpc) is 2.70. The third kappa shape index (κ3) is 7.14. The molecule has 0 aromatic heterocycles. The monoisotopic (exact) mass is 399 g/mol. The second-order valence-corrected chi connectivity index (χ2v) is 7.77. The summed E-state index contributed by atoms with van der Waals surface area (Å²) in [7, 11) is 1.59. The normalized spacial score (nSPS) is 12.0. The molecule has 0 unspecified atom stereocenters. The lowest BCUT2D eigenvalue weighted by Gasteiger charge is -2.20. The molecular formula is C23H29NO5. The Morgan fingerprint density at radius 2 is 1.55 bits per heavy atom. The fourth-order valence-corrected chi connectivity index (χ4v) is 2.53. The van der Waals surface area contributed by atoms with E-state index in [9.17, 15) is 9.59 Å². The van der Waals surface area contributed by atoms with Gasteiger partial charge in [-0.2, -0.15) is 0 Å². The van der Waals surface area contributed by atoms with Gasteiger partial charge in [-0.15, -0.1) is 0 Å². The SMILES string of the molecule is COc1ccc(CNC(=O)COC(=O)[C@@H](C)Oc2ccc(C(C)(C)C)cc2)cc1. The van der Waals surface area contributed by atoms with Crippen molar-refractivity contribution in [3.8, 4) is 11.5 Å². The molecule has 2 aromatic rings. The molecule has 0 aliphatic heterocycles. The highest BCUT2D eigenvalue weighted by atomic mass is 16.6. The molecule has 0 aliphatic carbocycles. The molecule has 29 heavy (non-hydrogen) atoms. The molecule has 0 heterocycles. The lowest BCUT2D eigenvalue weighted by atomic mass is 9.87. The minimum Gasteiger partial charge on any atom is -0.497 e. The van der Waals surface area contributed by atoms with E-state index in [2.05, 4.69) is 26.1 Å². The Kier molecular flexibility index (Phi) is 7.65. The predicted molar refractivity (Wildman–Crippen MR) is 111 cm³/mol. The van der Waals surface area contributed by atoms with Crippen LogP contribution >= 0.6 is 0 Å². The summed E-state index contributed by atoms with van der Waals surface area (Å²) >= 11 is 0. The summed E-state index contributed by atoms with van der Waals surface area (Å²) in [5.74, 6) is 0.350. The topological polar surface area (TPSA) is 73.9 Å². The Morgan fingerprint density at radius 3 is 2.10 bits per heavy atom. The zero-order valence-corrected chi connectivity index (χ0v) is 17.7. The van der Waals surface area contributed by atoms with Crippen LogP contribution < -0.4 is 14.8 Å². The van der Waals surface area contributed by atoms with Gasteiger partial charge in [0.05, 0.1) is 7.11 Å². The molecule has 0 aliphatic rings. The zero-order chi connectivity index (χ0) is 21.4. The van der Waals surface area contributed by atoms with Gasteiger partial charge in [-0.25, -0.2) is 4.79 Å². The molecule has 6 nitrogen and oxygen atoms in total. The number of methoxy groups -OCH3 is 1. The fourth-order valence-electron chi connectivity index (χ4n) is 2.53. The van der Waals surface area contributed by atoms with Crippen molar-refractivity contribution >= 4 is 11.9 Å². The molecule has 0 saturated carbocycles. The number of hydrogen-bond acceptors (Lipinski definition) is 5. The van der Waals surface area contributed by atoms with Crippen LogP contribution in [-0.2, 0) is 26.3 Å². The molecule has 1 amide bonds. The molecule has 1 atom stereocenters. The highest BCUT2D eigenvalue weighted by Crippen LogP contribution is 2.24. The van der Waals surface area contributed by atoms with Gasteiger partial charge in [0.15, 0.2) is 12.7 Å². The molecule has 1 N–H and O–H groups in total. The number of amides is 1. The third-order valence-electron chi connectivity index (χ3n) is 4.36. The van der Waals surface area contributed by atoms with Crippen molar-refractivity contribution in [2.75, 3.05) is 13.7 Å². The van der Waals surface area contributed by atoms with Gasteiger partial charge in [0.25, 0.3) is 5.91 Å². The largest absolute Gasteiger partial charge is 0.497 e. The van der Waals surface area contributed by atoms with Crippen molar-refractivity contribution in [3.63, 3.8) is 0 Å². The number of rotatable bonds is 8. The number of benzene rings is 2. The maximum atomic E-state index is 12.1. The summed E-state index contributed by atoms with van der Waals surface area (Å²) in [6.07, 6.45) is -0.815. The number of nitrogens with one attached hydrogen (secondary N) is 1. The van der Waals surface area contributed by atoms with Crippen LogP contribution in [0, 0.1) is 0 Å². The van der Waals surface area contributed by atoms with Crippen LogP contribution in [0.25, 0.3) is 0 Å². The van der Waals surface area contributed by atoms with E-state index >= 15 is 0 Å². The number of carbonyl (C=O) groups excluding carboxylic acids is 2. The van der Waals surface area contributed by atoms with E-state index < -0.39 is 12.1 Å².